The van der Waals surface area contributed by atoms with E-state index in [1.165, 1.54) is 168 Å². The van der Waals surface area contributed by atoms with Gasteiger partial charge in [0.1, 0.15) is 0 Å². The molecule has 2 fully saturated rings. The number of carbonyl (C=O) groups excluding carboxylic acids is 1. The SMILES string of the molecule is CCC12CCC(/C(=C/c3c(C)c(C)c(C(C)C)c(C)c3C)C1=O)C2(C)C.Cc1c(C)c(C)c(C2=Nc3cc(C(C)C)ccc3C2)c(C)c1C.Cc1c(C)c(C)c2c(c1C)CC(c1c(C)c(C)c(C(C)C)c(C)c1C)=N2.[C-]#[N+]C(C#N)=C1C=C(C)N(C(C)C)C(C)=C1. The average molecular weight is 1220 g/mol. The molecule has 2 atom stereocenters. The molecule has 2 aliphatic carbocycles. The monoisotopic (exact) mass is 1220 g/mol. The molecule has 3 aliphatic heterocycles. The first-order chi connectivity index (χ1) is 42.4. The van der Waals surface area contributed by atoms with Gasteiger partial charge < -0.3 is 4.90 Å². The smallest absolute Gasteiger partial charge is 0.269 e. The third kappa shape index (κ3) is 12.5. The molecule has 0 radical (unpaired) electrons. The predicted molar refractivity (Wildman–Crippen MR) is 391 cm³/mol. The minimum Gasteiger partial charge on any atom is -0.347 e. The molecule has 5 aliphatic rings. The van der Waals surface area contributed by atoms with E-state index in [-0.39, 0.29) is 16.5 Å². The Morgan fingerprint density at radius 3 is 1.51 bits per heavy atom. The van der Waals surface area contributed by atoms with Crippen molar-refractivity contribution in [2.24, 2.45) is 26.7 Å². The first-order valence-corrected chi connectivity index (χ1v) is 34.0. The third-order valence-electron chi connectivity index (χ3n) is 23.4. The standard InChI is InChI=1S/C25H33N.C25H36O.C22H27N.C13H15N3/c1-12(2)23-16(6)18(8)24(19(9)17(23)7)22-11-21-15(5)13(3)14(4)20(10)25(21)26-22;1-10-25-12-11-21(24(25,8)9)20(23(25)26)13-19-15(4)17(6)22(14(2)3)18(7)16(19)5;1-12(2)18-8-9-19-11-21(23-20(19)10-18)22-16(6)14(4)13(3)15(5)17(22)7;1-9(2)16-10(3)6-12(7-11(16)4)13(8-14)15-5/h12H,11H2,1-10H3;13-14,21H,10-12H2,1-9H3;8-10,12H,11H2,1-7H3;6-7,9H,1-4H3/b;20-13-;;. The Kier molecular flexibility index (Phi) is 21.3. The maximum atomic E-state index is 13.4. The van der Waals surface area contributed by atoms with Gasteiger partial charge in [-0.15, -0.1) is 0 Å². The van der Waals surface area contributed by atoms with Crippen LogP contribution < -0.4 is 0 Å². The fourth-order valence-electron chi connectivity index (χ4n) is 16.9. The summed E-state index contributed by atoms with van der Waals surface area (Å²) in [6, 6.07) is 9.10. The minimum atomic E-state index is -0.132. The number of fused-ring (bicyclic) bond motifs is 4. The maximum Gasteiger partial charge on any atom is 0.269 e. The molecule has 0 aromatic heterocycles. The van der Waals surface area contributed by atoms with Gasteiger partial charge in [-0.3, -0.25) is 14.8 Å². The van der Waals surface area contributed by atoms with E-state index in [0.717, 1.165) is 42.7 Å². The Bertz CT molecular complexity index is 3970. The normalized spacial score (nSPS) is 18.1. The van der Waals surface area contributed by atoms with Crippen LogP contribution in [0.2, 0.25) is 0 Å². The molecule has 3 heterocycles. The number of aliphatic imine (C=N–C) groups is 2. The molecule has 0 amide bonds. The molecule has 0 saturated heterocycles. The second-order valence-electron chi connectivity index (χ2n) is 29.5. The molecule has 6 nitrogen and oxygen atoms in total. The molecular weight excluding hydrogens is 1110 g/mol. The fraction of sp³-hybridized carbons (Fsp3) is 0.494. The van der Waals surface area contributed by atoms with Crippen LogP contribution in [0.1, 0.15) is 266 Å². The van der Waals surface area contributed by atoms with Crippen LogP contribution in [0.15, 0.2) is 68.6 Å². The van der Waals surface area contributed by atoms with Crippen LogP contribution >= 0.6 is 0 Å². The number of allylic oxidation sites excluding steroid dienone is 7. The highest BCUT2D eigenvalue weighted by Crippen LogP contribution is 2.67. The third-order valence-corrected chi connectivity index (χ3v) is 23.4. The van der Waals surface area contributed by atoms with E-state index in [9.17, 15) is 4.79 Å². The number of nitriles is 1. The van der Waals surface area contributed by atoms with E-state index in [2.05, 4.69) is 228 Å². The zero-order valence-electron chi connectivity index (χ0n) is 62.0. The lowest BCUT2D eigenvalue weighted by Crippen LogP contribution is -2.35. The largest absolute Gasteiger partial charge is 0.347 e. The summed E-state index contributed by atoms with van der Waals surface area (Å²) in [6.07, 6.45) is 11.2. The van der Waals surface area contributed by atoms with Gasteiger partial charge in [0.2, 0.25) is 0 Å². The Hall–Kier alpha value is -7.15. The zero-order valence-corrected chi connectivity index (χ0v) is 62.0. The van der Waals surface area contributed by atoms with Crippen molar-refractivity contribution >= 4 is 34.7 Å². The highest BCUT2D eigenvalue weighted by molar-refractivity contribution is 6.11. The van der Waals surface area contributed by atoms with Crippen molar-refractivity contribution in [1.29, 1.82) is 5.26 Å². The number of hydrogen-bond donors (Lipinski definition) is 0. The fourth-order valence-corrected chi connectivity index (χ4v) is 16.9. The van der Waals surface area contributed by atoms with Crippen molar-refractivity contribution in [3.8, 4) is 6.07 Å². The Morgan fingerprint density at radius 1 is 0.615 bits per heavy atom. The first-order valence-electron chi connectivity index (χ1n) is 34.0. The maximum absolute atomic E-state index is 13.4. The molecule has 5 aromatic carbocycles. The van der Waals surface area contributed by atoms with Crippen LogP contribution in [-0.4, -0.2) is 28.1 Å². The van der Waals surface area contributed by atoms with Crippen molar-refractivity contribution in [3.05, 3.63) is 209 Å². The summed E-state index contributed by atoms with van der Waals surface area (Å²) in [4.78, 5) is 29.0. The Labute approximate surface area is 552 Å². The molecule has 2 unspecified atom stereocenters. The summed E-state index contributed by atoms with van der Waals surface area (Å²) in [5.74, 6) is 2.48. The van der Waals surface area contributed by atoms with Crippen LogP contribution in [0, 0.1) is 152 Å². The summed E-state index contributed by atoms with van der Waals surface area (Å²) in [5.41, 5.74) is 44.0. The van der Waals surface area contributed by atoms with E-state index in [1.807, 2.05) is 32.1 Å². The molecule has 10 rings (SSSR count). The highest BCUT2D eigenvalue weighted by Gasteiger charge is 2.65. The predicted octanol–water partition coefficient (Wildman–Crippen LogP) is 23.0. The topological polar surface area (TPSA) is 73.2 Å². The van der Waals surface area contributed by atoms with Gasteiger partial charge in [0.05, 0.1) is 35.4 Å². The molecular formula is C85H111N5O. The van der Waals surface area contributed by atoms with Gasteiger partial charge in [0.25, 0.3) is 5.70 Å². The van der Waals surface area contributed by atoms with Gasteiger partial charge in [-0.05, 0) is 357 Å². The molecule has 2 saturated carbocycles. The number of carbonyl (C=O) groups is 1. The number of benzene rings is 5. The van der Waals surface area contributed by atoms with Crippen molar-refractivity contribution in [1.82, 2.24) is 4.90 Å². The second kappa shape index (κ2) is 27.2. The van der Waals surface area contributed by atoms with Gasteiger partial charge in [-0.25, -0.2) is 10.1 Å². The van der Waals surface area contributed by atoms with Crippen LogP contribution in [0.25, 0.3) is 10.9 Å². The summed E-state index contributed by atoms with van der Waals surface area (Å²) in [5, 5.41) is 8.83. The molecule has 482 valence electrons. The van der Waals surface area contributed by atoms with Gasteiger partial charge in [-0.2, -0.15) is 0 Å². The van der Waals surface area contributed by atoms with Crippen LogP contribution in [0.3, 0.4) is 0 Å². The number of rotatable bonds is 8. The number of ketones is 1. The lowest BCUT2D eigenvalue weighted by molar-refractivity contribution is -0.126. The molecule has 91 heavy (non-hydrogen) atoms. The lowest BCUT2D eigenvalue weighted by Gasteiger charge is -2.34. The van der Waals surface area contributed by atoms with E-state index >= 15 is 0 Å². The Morgan fingerprint density at radius 2 is 1.07 bits per heavy atom. The van der Waals surface area contributed by atoms with E-state index in [1.54, 1.807) is 0 Å². The molecule has 0 N–H and O–H groups in total. The summed E-state index contributed by atoms with van der Waals surface area (Å²) >= 11 is 0. The van der Waals surface area contributed by atoms with Gasteiger partial charge in [0.15, 0.2) is 5.78 Å². The molecule has 6 heteroatoms. The minimum absolute atomic E-state index is 0.0917. The second-order valence-corrected chi connectivity index (χ2v) is 29.5. The number of nitrogens with zero attached hydrogens (tertiary/aromatic N) is 5. The van der Waals surface area contributed by atoms with Crippen molar-refractivity contribution in [2.75, 3.05) is 0 Å². The van der Waals surface area contributed by atoms with Crippen LogP contribution in [-0.2, 0) is 17.6 Å². The van der Waals surface area contributed by atoms with Crippen molar-refractivity contribution < 1.29 is 4.79 Å². The number of Topliss-reactive ketones (excluding diaryl/α,β-unsaturated/α-hetero) is 1. The summed E-state index contributed by atoms with van der Waals surface area (Å²) in [7, 11) is 0. The Balaban J connectivity index is 0.000000175. The lowest BCUT2D eigenvalue weighted by atomic mass is 9.67. The highest BCUT2D eigenvalue weighted by atomic mass is 16.1. The average Bonchev–Trinajstić information content (AvgIpc) is 1.54. The van der Waals surface area contributed by atoms with Gasteiger partial charge in [0, 0.05) is 46.8 Å². The molecule has 5 aromatic rings. The van der Waals surface area contributed by atoms with Gasteiger partial charge >= 0.3 is 0 Å². The van der Waals surface area contributed by atoms with E-state index < -0.39 is 0 Å². The van der Waals surface area contributed by atoms with Gasteiger partial charge in [-0.1, -0.05) is 74.4 Å². The molecule has 0 spiro atoms. The quantitative estimate of drug-likeness (QED) is 0.0883. The zero-order chi connectivity index (χ0) is 68.3. The number of hydrogen-bond acceptors (Lipinski definition) is 5. The van der Waals surface area contributed by atoms with E-state index in [4.69, 9.17) is 21.8 Å². The van der Waals surface area contributed by atoms with Crippen molar-refractivity contribution in [3.63, 3.8) is 0 Å². The molecule has 2 bridgehead atoms. The summed E-state index contributed by atoms with van der Waals surface area (Å²) < 4.78 is 0. The summed E-state index contributed by atoms with van der Waals surface area (Å²) in [6.45, 7) is 73.9. The van der Waals surface area contributed by atoms with Crippen LogP contribution in [0.5, 0.6) is 0 Å². The first kappa shape index (κ1) is 71.3. The van der Waals surface area contributed by atoms with E-state index in [0.29, 0.717) is 41.1 Å². The van der Waals surface area contributed by atoms with Crippen molar-refractivity contribution in [2.45, 2.75) is 264 Å². The van der Waals surface area contributed by atoms with Crippen LogP contribution in [0.4, 0.5) is 11.4 Å².